The Morgan fingerprint density at radius 2 is 2.11 bits per heavy atom. The van der Waals surface area contributed by atoms with E-state index in [1.165, 1.54) is 36.0 Å². The van der Waals surface area contributed by atoms with Crippen molar-refractivity contribution < 1.29 is 0 Å². The van der Waals surface area contributed by atoms with Gasteiger partial charge in [-0.1, -0.05) is 38.5 Å². The van der Waals surface area contributed by atoms with E-state index < -0.39 is 0 Å². The quantitative estimate of drug-likeness (QED) is 0.867. The molecule has 19 heavy (non-hydrogen) atoms. The van der Waals surface area contributed by atoms with E-state index in [2.05, 4.69) is 44.3 Å². The van der Waals surface area contributed by atoms with Gasteiger partial charge in [0.05, 0.1) is 0 Å². The van der Waals surface area contributed by atoms with Crippen LogP contribution in [0.15, 0.2) is 18.2 Å². The summed E-state index contributed by atoms with van der Waals surface area (Å²) in [5.74, 6) is 0.569. The second kappa shape index (κ2) is 6.53. The van der Waals surface area contributed by atoms with Crippen LogP contribution in [0.4, 0.5) is 0 Å². The first-order chi connectivity index (χ1) is 9.08. The number of rotatable bonds is 4. The predicted molar refractivity (Wildman–Crippen MR) is 82.5 cm³/mol. The first-order valence-electron chi connectivity index (χ1n) is 7.67. The standard InChI is InChI=1S/C17H28N2/c1-12(2)14-8-7-13(3)16(10-14)17(18)11-15-6-4-5-9-19-15/h7-8,10,12,15,17,19H,4-6,9,11,18H2,1-3H3. The zero-order valence-corrected chi connectivity index (χ0v) is 12.6. The van der Waals surface area contributed by atoms with Crippen LogP contribution < -0.4 is 11.1 Å². The van der Waals surface area contributed by atoms with Crippen LogP contribution in [0.2, 0.25) is 0 Å². The first kappa shape index (κ1) is 14.5. The number of benzene rings is 1. The summed E-state index contributed by atoms with van der Waals surface area (Å²) in [6, 6.07) is 7.53. The molecule has 1 aromatic rings. The van der Waals surface area contributed by atoms with Gasteiger partial charge in [-0.25, -0.2) is 0 Å². The lowest BCUT2D eigenvalue weighted by atomic mass is 9.90. The van der Waals surface area contributed by atoms with Crippen molar-refractivity contribution in [3.05, 3.63) is 34.9 Å². The van der Waals surface area contributed by atoms with E-state index in [1.807, 2.05) is 0 Å². The molecule has 2 heteroatoms. The van der Waals surface area contributed by atoms with Crippen molar-refractivity contribution in [2.45, 2.75) is 64.5 Å². The summed E-state index contributed by atoms with van der Waals surface area (Å²) in [7, 11) is 0. The Labute approximate surface area is 117 Å². The van der Waals surface area contributed by atoms with Crippen LogP contribution in [0.5, 0.6) is 0 Å². The van der Waals surface area contributed by atoms with Gasteiger partial charge in [-0.2, -0.15) is 0 Å². The molecular weight excluding hydrogens is 232 g/mol. The number of piperidine rings is 1. The Hall–Kier alpha value is -0.860. The molecule has 0 amide bonds. The van der Waals surface area contributed by atoms with Crippen molar-refractivity contribution in [3.8, 4) is 0 Å². The largest absolute Gasteiger partial charge is 0.324 e. The maximum atomic E-state index is 6.46. The fourth-order valence-corrected chi connectivity index (χ4v) is 2.98. The highest BCUT2D eigenvalue weighted by Gasteiger charge is 2.18. The maximum Gasteiger partial charge on any atom is 0.0312 e. The number of hydrogen-bond donors (Lipinski definition) is 2. The SMILES string of the molecule is Cc1ccc(C(C)C)cc1C(N)CC1CCCCN1. The van der Waals surface area contributed by atoms with Crippen LogP contribution >= 0.6 is 0 Å². The summed E-state index contributed by atoms with van der Waals surface area (Å²) in [4.78, 5) is 0. The summed E-state index contributed by atoms with van der Waals surface area (Å²) in [5, 5.41) is 3.60. The second-order valence-electron chi connectivity index (χ2n) is 6.26. The number of nitrogens with one attached hydrogen (secondary N) is 1. The average Bonchev–Trinajstić information content (AvgIpc) is 2.40. The highest BCUT2D eigenvalue weighted by Crippen LogP contribution is 2.26. The Morgan fingerprint density at radius 1 is 1.32 bits per heavy atom. The van der Waals surface area contributed by atoms with Crippen LogP contribution in [0.25, 0.3) is 0 Å². The molecule has 0 bridgehead atoms. The van der Waals surface area contributed by atoms with Crippen molar-refractivity contribution in [3.63, 3.8) is 0 Å². The van der Waals surface area contributed by atoms with E-state index in [0.717, 1.165) is 13.0 Å². The van der Waals surface area contributed by atoms with E-state index >= 15 is 0 Å². The Balaban J connectivity index is 2.08. The molecule has 1 aliphatic rings. The van der Waals surface area contributed by atoms with Crippen LogP contribution in [-0.4, -0.2) is 12.6 Å². The second-order valence-corrected chi connectivity index (χ2v) is 6.26. The molecule has 2 unspecified atom stereocenters. The minimum atomic E-state index is 0.161. The number of hydrogen-bond acceptors (Lipinski definition) is 2. The minimum Gasteiger partial charge on any atom is -0.324 e. The van der Waals surface area contributed by atoms with Gasteiger partial charge in [0.2, 0.25) is 0 Å². The molecule has 1 aliphatic heterocycles. The highest BCUT2D eigenvalue weighted by atomic mass is 14.9. The van der Waals surface area contributed by atoms with Gasteiger partial charge in [0.1, 0.15) is 0 Å². The summed E-state index contributed by atoms with van der Waals surface area (Å²) in [6.45, 7) is 7.81. The van der Waals surface area contributed by atoms with E-state index in [4.69, 9.17) is 5.73 Å². The summed E-state index contributed by atoms with van der Waals surface area (Å²) >= 11 is 0. The van der Waals surface area contributed by atoms with E-state index in [-0.39, 0.29) is 6.04 Å². The topological polar surface area (TPSA) is 38.0 Å². The smallest absolute Gasteiger partial charge is 0.0312 e. The molecule has 2 atom stereocenters. The number of nitrogens with two attached hydrogens (primary N) is 1. The van der Waals surface area contributed by atoms with Gasteiger partial charge in [0.15, 0.2) is 0 Å². The van der Waals surface area contributed by atoms with E-state index in [9.17, 15) is 0 Å². The predicted octanol–water partition coefficient (Wildman–Crippen LogP) is 3.65. The van der Waals surface area contributed by atoms with Crippen molar-refractivity contribution in [1.82, 2.24) is 5.32 Å². The average molecular weight is 260 g/mol. The van der Waals surface area contributed by atoms with Crippen LogP contribution in [0.1, 0.15) is 68.2 Å². The minimum absolute atomic E-state index is 0.161. The highest BCUT2D eigenvalue weighted by molar-refractivity contribution is 5.34. The molecular formula is C17H28N2. The van der Waals surface area contributed by atoms with Crippen LogP contribution in [0.3, 0.4) is 0 Å². The molecule has 1 saturated heterocycles. The van der Waals surface area contributed by atoms with Crippen LogP contribution in [-0.2, 0) is 0 Å². The normalized spacial score (nSPS) is 21.6. The monoisotopic (exact) mass is 260 g/mol. The summed E-state index contributed by atoms with van der Waals surface area (Å²) in [5.41, 5.74) is 10.5. The van der Waals surface area contributed by atoms with Gasteiger partial charge in [0, 0.05) is 12.1 Å². The molecule has 0 spiro atoms. The molecule has 2 rings (SSSR count). The molecule has 1 aromatic carbocycles. The third-order valence-electron chi connectivity index (χ3n) is 4.32. The first-order valence-corrected chi connectivity index (χ1v) is 7.67. The third kappa shape index (κ3) is 3.80. The fraction of sp³-hybridized carbons (Fsp3) is 0.647. The molecule has 1 fully saturated rings. The zero-order valence-electron chi connectivity index (χ0n) is 12.6. The van der Waals surface area contributed by atoms with E-state index in [0.29, 0.717) is 12.0 Å². The third-order valence-corrected chi connectivity index (χ3v) is 4.32. The van der Waals surface area contributed by atoms with Gasteiger partial charge >= 0.3 is 0 Å². The zero-order chi connectivity index (χ0) is 13.8. The van der Waals surface area contributed by atoms with Gasteiger partial charge in [-0.15, -0.1) is 0 Å². The number of aryl methyl sites for hydroxylation is 1. The Kier molecular flexibility index (Phi) is 5.00. The molecule has 0 aliphatic carbocycles. The lowest BCUT2D eigenvalue weighted by Gasteiger charge is -2.27. The molecule has 0 saturated carbocycles. The van der Waals surface area contributed by atoms with Gasteiger partial charge < -0.3 is 11.1 Å². The van der Waals surface area contributed by atoms with E-state index in [1.54, 1.807) is 0 Å². The molecule has 1 heterocycles. The molecule has 106 valence electrons. The Bertz CT molecular complexity index is 406. The van der Waals surface area contributed by atoms with Crippen molar-refractivity contribution in [2.24, 2.45) is 5.73 Å². The summed E-state index contributed by atoms with van der Waals surface area (Å²) < 4.78 is 0. The van der Waals surface area contributed by atoms with Crippen LogP contribution in [0, 0.1) is 6.92 Å². The Morgan fingerprint density at radius 3 is 2.74 bits per heavy atom. The van der Waals surface area contributed by atoms with Crippen molar-refractivity contribution >= 4 is 0 Å². The van der Waals surface area contributed by atoms with Crippen molar-refractivity contribution in [2.75, 3.05) is 6.54 Å². The molecule has 0 aromatic heterocycles. The molecule has 3 N–H and O–H groups in total. The lowest BCUT2D eigenvalue weighted by Crippen LogP contribution is -2.36. The molecule has 2 nitrogen and oxygen atoms in total. The van der Waals surface area contributed by atoms with Gasteiger partial charge in [0.25, 0.3) is 0 Å². The van der Waals surface area contributed by atoms with Crippen molar-refractivity contribution in [1.29, 1.82) is 0 Å². The molecule has 0 radical (unpaired) electrons. The van der Waals surface area contributed by atoms with Gasteiger partial charge in [-0.05, 0) is 55.3 Å². The lowest BCUT2D eigenvalue weighted by molar-refractivity contribution is 0.362. The maximum absolute atomic E-state index is 6.46. The fourth-order valence-electron chi connectivity index (χ4n) is 2.98. The summed E-state index contributed by atoms with van der Waals surface area (Å²) in [6.07, 6.45) is 4.99. The van der Waals surface area contributed by atoms with Gasteiger partial charge in [-0.3, -0.25) is 0 Å².